The summed E-state index contributed by atoms with van der Waals surface area (Å²) in [6, 6.07) is -0.961. The van der Waals surface area contributed by atoms with E-state index in [1.165, 1.54) is 0 Å². The van der Waals surface area contributed by atoms with Crippen molar-refractivity contribution in [1.82, 2.24) is 10.2 Å². The summed E-state index contributed by atoms with van der Waals surface area (Å²) in [5.74, 6) is -2.59. The van der Waals surface area contributed by atoms with Crippen LogP contribution in [0.2, 0.25) is 0 Å². The molecular weight excluding hydrogens is 252 g/mol. The van der Waals surface area contributed by atoms with Gasteiger partial charge >= 0.3 is 0 Å². The highest BCUT2D eigenvalue weighted by molar-refractivity contribution is 6.14. The molecular formula is C12H12N2O5. The van der Waals surface area contributed by atoms with Crippen LogP contribution in [0.15, 0.2) is 0 Å². The first kappa shape index (κ1) is 11.1. The van der Waals surface area contributed by atoms with Crippen LogP contribution >= 0.6 is 0 Å². The zero-order chi connectivity index (χ0) is 13.3. The molecule has 5 unspecified atom stereocenters. The number of rotatable bonds is 1. The lowest BCUT2D eigenvalue weighted by Gasteiger charge is -2.21. The molecule has 4 heterocycles. The fraction of sp³-hybridized carbons (Fsp3) is 0.667. The minimum absolute atomic E-state index is 0.119. The molecule has 5 atom stereocenters. The lowest BCUT2D eigenvalue weighted by molar-refractivity contribution is -0.148. The Bertz CT molecular complexity index is 502. The zero-order valence-electron chi connectivity index (χ0n) is 10.00. The predicted octanol–water partition coefficient (Wildman–Crippen LogP) is -1.44. The van der Waals surface area contributed by atoms with Crippen LogP contribution in [-0.4, -0.2) is 46.8 Å². The largest absolute Gasteiger partial charge is 0.373 e. The van der Waals surface area contributed by atoms with Crippen molar-refractivity contribution in [3.05, 3.63) is 0 Å². The van der Waals surface area contributed by atoms with Gasteiger partial charge in [0.05, 0.1) is 30.5 Å². The van der Waals surface area contributed by atoms with Gasteiger partial charge in [-0.25, -0.2) is 0 Å². The molecule has 7 nitrogen and oxygen atoms in total. The van der Waals surface area contributed by atoms with Gasteiger partial charge in [-0.05, 0) is 12.8 Å². The normalized spacial score (nSPS) is 44.2. The molecule has 0 aromatic carbocycles. The molecule has 7 heteroatoms. The van der Waals surface area contributed by atoms with Crippen molar-refractivity contribution in [1.29, 1.82) is 0 Å². The predicted molar refractivity (Wildman–Crippen MR) is 58.3 cm³/mol. The summed E-state index contributed by atoms with van der Waals surface area (Å²) in [7, 11) is 0. The van der Waals surface area contributed by atoms with E-state index in [1.807, 2.05) is 0 Å². The number of amides is 4. The van der Waals surface area contributed by atoms with Crippen molar-refractivity contribution in [2.24, 2.45) is 11.8 Å². The van der Waals surface area contributed by atoms with Crippen molar-refractivity contribution in [2.45, 2.75) is 37.5 Å². The number of hydrogen-bond donors (Lipinski definition) is 1. The Balaban J connectivity index is 1.68. The number of nitrogens with zero attached hydrogens (tertiary/aromatic N) is 1. The first-order valence-electron chi connectivity index (χ1n) is 6.44. The fourth-order valence-corrected chi connectivity index (χ4v) is 3.79. The summed E-state index contributed by atoms with van der Waals surface area (Å²) in [6.45, 7) is 0. The zero-order valence-corrected chi connectivity index (χ0v) is 10.00. The fourth-order valence-electron chi connectivity index (χ4n) is 3.79. The molecule has 0 aromatic rings. The molecule has 0 aliphatic carbocycles. The van der Waals surface area contributed by atoms with Gasteiger partial charge in [0, 0.05) is 0 Å². The molecule has 0 aromatic heterocycles. The number of ether oxygens (including phenoxy) is 1. The van der Waals surface area contributed by atoms with Crippen LogP contribution in [0, 0.1) is 11.8 Å². The van der Waals surface area contributed by atoms with Gasteiger partial charge in [-0.2, -0.15) is 0 Å². The Kier molecular flexibility index (Phi) is 1.99. The van der Waals surface area contributed by atoms with Gasteiger partial charge in [0.25, 0.3) is 0 Å². The van der Waals surface area contributed by atoms with Crippen molar-refractivity contribution in [3.8, 4) is 0 Å². The lowest BCUT2D eigenvalue weighted by atomic mass is 9.81. The van der Waals surface area contributed by atoms with Crippen molar-refractivity contribution >= 4 is 23.6 Å². The van der Waals surface area contributed by atoms with Gasteiger partial charge in [0.15, 0.2) is 0 Å². The summed E-state index contributed by atoms with van der Waals surface area (Å²) >= 11 is 0. The van der Waals surface area contributed by atoms with Crippen LogP contribution in [0.5, 0.6) is 0 Å². The maximum Gasteiger partial charge on any atom is 0.250 e. The highest BCUT2D eigenvalue weighted by Crippen LogP contribution is 2.49. The third kappa shape index (κ3) is 1.25. The van der Waals surface area contributed by atoms with Crippen LogP contribution in [0.4, 0.5) is 0 Å². The molecule has 0 radical (unpaired) electrons. The number of hydrogen-bond acceptors (Lipinski definition) is 5. The summed E-state index contributed by atoms with van der Waals surface area (Å²) in [6.07, 6.45) is 1.06. The van der Waals surface area contributed by atoms with Crippen LogP contribution in [0.25, 0.3) is 0 Å². The monoisotopic (exact) mass is 264 g/mol. The standard InChI is InChI=1S/C12H12N2O5/c15-7-3-4(10(16)13-7)14-11(17)8-5-1-2-6(19-5)9(8)12(14)18/h4-6,8-9H,1-3H2,(H,13,15,16). The van der Waals surface area contributed by atoms with E-state index in [1.54, 1.807) is 0 Å². The van der Waals surface area contributed by atoms with E-state index in [2.05, 4.69) is 5.32 Å². The Labute approximate surface area is 108 Å². The first-order chi connectivity index (χ1) is 9.08. The maximum absolute atomic E-state index is 12.4. The van der Waals surface area contributed by atoms with Crippen LogP contribution in [0.1, 0.15) is 19.3 Å². The molecule has 1 N–H and O–H groups in total. The van der Waals surface area contributed by atoms with Gasteiger partial charge in [-0.1, -0.05) is 0 Å². The van der Waals surface area contributed by atoms with E-state index in [4.69, 9.17) is 4.74 Å². The highest BCUT2D eigenvalue weighted by atomic mass is 16.5. The van der Waals surface area contributed by atoms with Crippen molar-refractivity contribution in [2.75, 3.05) is 0 Å². The second kappa shape index (κ2) is 3.41. The van der Waals surface area contributed by atoms with Gasteiger partial charge in [-0.15, -0.1) is 0 Å². The quantitative estimate of drug-likeness (QED) is 0.586. The average molecular weight is 264 g/mol. The van der Waals surface area contributed by atoms with E-state index < -0.39 is 29.7 Å². The van der Waals surface area contributed by atoms with Gasteiger partial charge in [0.2, 0.25) is 23.6 Å². The van der Waals surface area contributed by atoms with Crippen LogP contribution in [-0.2, 0) is 23.9 Å². The Morgan fingerprint density at radius 3 is 2.05 bits per heavy atom. The van der Waals surface area contributed by atoms with Crippen LogP contribution in [0.3, 0.4) is 0 Å². The van der Waals surface area contributed by atoms with Gasteiger partial charge < -0.3 is 4.74 Å². The van der Waals surface area contributed by atoms with E-state index in [0.29, 0.717) is 0 Å². The number of likely N-dealkylation sites (tertiary alicyclic amines) is 1. The molecule has 2 bridgehead atoms. The molecule has 100 valence electrons. The summed E-state index contributed by atoms with van der Waals surface area (Å²) < 4.78 is 5.60. The molecule has 19 heavy (non-hydrogen) atoms. The van der Waals surface area contributed by atoms with Gasteiger partial charge in [0.1, 0.15) is 6.04 Å². The SMILES string of the molecule is O=C1CC(N2C(=O)C3C4CCC(O4)C3C2=O)C(=O)N1. The Morgan fingerprint density at radius 1 is 1.00 bits per heavy atom. The topological polar surface area (TPSA) is 92.8 Å². The maximum atomic E-state index is 12.4. The first-order valence-corrected chi connectivity index (χ1v) is 6.44. The summed E-state index contributed by atoms with van der Waals surface area (Å²) in [4.78, 5) is 48.6. The van der Waals surface area contributed by atoms with E-state index >= 15 is 0 Å². The summed E-state index contributed by atoms with van der Waals surface area (Å²) in [5.41, 5.74) is 0. The van der Waals surface area contributed by atoms with E-state index in [-0.39, 0.29) is 30.4 Å². The smallest absolute Gasteiger partial charge is 0.250 e. The average Bonchev–Trinajstić information content (AvgIpc) is 3.06. The van der Waals surface area contributed by atoms with E-state index in [0.717, 1.165) is 17.7 Å². The van der Waals surface area contributed by atoms with Gasteiger partial charge in [-0.3, -0.25) is 29.4 Å². The molecule has 0 spiro atoms. The number of fused-ring (bicyclic) bond motifs is 5. The second-order valence-electron chi connectivity index (χ2n) is 5.52. The minimum Gasteiger partial charge on any atom is -0.373 e. The molecule has 4 amide bonds. The van der Waals surface area contributed by atoms with Crippen molar-refractivity contribution < 1.29 is 23.9 Å². The molecule has 4 rings (SSSR count). The van der Waals surface area contributed by atoms with Crippen LogP contribution < -0.4 is 5.32 Å². The molecule has 4 saturated heterocycles. The highest BCUT2D eigenvalue weighted by Gasteiger charge is 2.64. The molecule has 4 aliphatic rings. The number of carbonyl (C=O) groups excluding carboxylic acids is 4. The third-order valence-electron chi connectivity index (χ3n) is 4.57. The Hall–Kier alpha value is -1.76. The summed E-state index contributed by atoms with van der Waals surface area (Å²) in [5, 5.41) is 2.13. The van der Waals surface area contributed by atoms with E-state index in [9.17, 15) is 19.2 Å². The minimum atomic E-state index is -0.961. The third-order valence-corrected chi connectivity index (χ3v) is 4.57. The van der Waals surface area contributed by atoms with Crippen molar-refractivity contribution in [3.63, 3.8) is 0 Å². The Morgan fingerprint density at radius 2 is 1.58 bits per heavy atom. The number of imide groups is 2. The second-order valence-corrected chi connectivity index (χ2v) is 5.52. The molecule has 0 saturated carbocycles. The molecule has 4 fully saturated rings. The number of nitrogens with one attached hydrogen (secondary N) is 1. The number of carbonyl (C=O) groups is 4. The molecule has 4 aliphatic heterocycles. The lowest BCUT2D eigenvalue weighted by Crippen LogP contribution is -2.46.